The molecule has 0 saturated heterocycles. The van der Waals surface area contributed by atoms with Crippen molar-refractivity contribution in [1.29, 1.82) is 0 Å². The molecule has 0 spiro atoms. The first-order valence-electron chi connectivity index (χ1n) is 9.53. The Morgan fingerprint density at radius 1 is 1.24 bits per heavy atom. The topological polar surface area (TPSA) is 119 Å². The Hall–Kier alpha value is -3.23. The zero-order valence-electron chi connectivity index (χ0n) is 17.1. The van der Waals surface area contributed by atoms with Gasteiger partial charge in [0.15, 0.2) is 6.61 Å². The standard InChI is InChI=1S/C20H26N4O5/c1-5-9-21-18(26)12(3)23-17(25)11-29-20(28)14-7-8-16-15(10-14)22-13(4)19(27)24(16)6-2/h7-8,10,12H,5-6,9,11H2,1-4H3,(H,21,26)(H,23,25)/t12-/m1/s1. The minimum atomic E-state index is -0.730. The number of fused-ring (bicyclic) bond motifs is 1. The summed E-state index contributed by atoms with van der Waals surface area (Å²) in [4.78, 5) is 52.4. The average molecular weight is 402 g/mol. The zero-order valence-corrected chi connectivity index (χ0v) is 17.1. The predicted octanol–water partition coefficient (Wildman–Crippen LogP) is 0.913. The molecule has 1 heterocycles. The summed E-state index contributed by atoms with van der Waals surface area (Å²) < 4.78 is 6.61. The Balaban J connectivity index is 2.03. The third-order valence-electron chi connectivity index (χ3n) is 4.32. The normalized spacial score (nSPS) is 11.7. The lowest BCUT2D eigenvalue weighted by Crippen LogP contribution is -2.46. The zero-order chi connectivity index (χ0) is 21.6. The fourth-order valence-electron chi connectivity index (χ4n) is 2.78. The number of aryl methyl sites for hydroxylation is 2. The predicted molar refractivity (Wildman–Crippen MR) is 108 cm³/mol. The van der Waals surface area contributed by atoms with E-state index in [9.17, 15) is 19.2 Å². The highest BCUT2D eigenvalue weighted by atomic mass is 16.5. The average Bonchev–Trinajstić information content (AvgIpc) is 2.70. The number of carbonyl (C=O) groups is 3. The second kappa shape index (κ2) is 9.81. The van der Waals surface area contributed by atoms with Crippen molar-refractivity contribution < 1.29 is 19.1 Å². The van der Waals surface area contributed by atoms with Crippen molar-refractivity contribution >= 4 is 28.8 Å². The van der Waals surface area contributed by atoms with Crippen LogP contribution in [0.2, 0.25) is 0 Å². The van der Waals surface area contributed by atoms with Crippen molar-refractivity contribution in [2.45, 2.75) is 46.7 Å². The number of nitrogens with one attached hydrogen (secondary N) is 2. The van der Waals surface area contributed by atoms with Crippen LogP contribution in [0.25, 0.3) is 11.0 Å². The lowest BCUT2D eigenvalue weighted by Gasteiger charge is -2.14. The molecule has 0 unspecified atom stereocenters. The van der Waals surface area contributed by atoms with Crippen LogP contribution in [0.1, 0.15) is 43.2 Å². The summed E-state index contributed by atoms with van der Waals surface area (Å²) in [5.41, 5.74) is 1.48. The Kier molecular flexibility index (Phi) is 7.46. The van der Waals surface area contributed by atoms with Crippen LogP contribution in [0.15, 0.2) is 23.0 Å². The highest BCUT2D eigenvalue weighted by Gasteiger charge is 2.17. The number of benzene rings is 1. The maximum absolute atomic E-state index is 12.3. The van der Waals surface area contributed by atoms with E-state index in [0.717, 1.165) is 6.42 Å². The monoisotopic (exact) mass is 402 g/mol. The van der Waals surface area contributed by atoms with E-state index in [1.807, 2.05) is 13.8 Å². The van der Waals surface area contributed by atoms with E-state index in [0.29, 0.717) is 29.8 Å². The molecule has 0 aliphatic carbocycles. The number of ether oxygens (including phenoxy) is 1. The number of nitrogens with zero attached hydrogens (tertiary/aromatic N) is 2. The van der Waals surface area contributed by atoms with Crippen LogP contribution >= 0.6 is 0 Å². The van der Waals surface area contributed by atoms with E-state index in [4.69, 9.17) is 4.74 Å². The molecule has 9 nitrogen and oxygen atoms in total. The molecule has 1 aromatic carbocycles. The molecule has 1 atom stereocenters. The largest absolute Gasteiger partial charge is 0.452 e. The number of rotatable bonds is 8. The molecule has 1 aromatic heterocycles. The first-order chi connectivity index (χ1) is 13.8. The van der Waals surface area contributed by atoms with E-state index >= 15 is 0 Å². The summed E-state index contributed by atoms with van der Waals surface area (Å²) in [6.45, 7) is 7.43. The lowest BCUT2D eigenvalue weighted by atomic mass is 10.2. The second-order valence-corrected chi connectivity index (χ2v) is 6.61. The second-order valence-electron chi connectivity index (χ2n) is 6.61. The van der Waals surface area contributed by atoms with Crippen molar-refractivity contribution in [2.75, 3.05) is 13.2 Å². The molecule has 29 heavy (non-hydrogen) atoms. The Labute approximate surface area is 168 Å². The molecule has 0 fully saturated rings. The fraction of sp³-hybridized carbons (Fsp3) is 0.450. The van der Waals surface area contributed by atoms with Gasteiger partial charge in [-0.25, -0.2) is 9.78 Å². The van der Waals surface area contributed by atoms with Gasteiger partial charge < -0.3 is 19.9 Å². The van der Waals surface area contributed by atoms with Gasteiger partial charge in [-0.15, -0.1) is 0 Å². The van der Waals surface area contributed by atoms with E-state index in [1.165, 1.54) is 12.1 Å². The maximum atomic E-state index is 12.3. The molecular weight excluding hydrogens is 376 g/mol. The lowest BCUT2D eigenvalue weighted by molar-refractivity contribution is -0.130. The molecule has 9 heteroatoms. The molecule has 2 aromatic rings. The van der Waals surface area contributed by atoms with Crippen molar-refractivity contribution in [1.82, 2.24) is 20.2 Å². The summed E-state index contributed by atoms with van der Waals surface area (Å²) in [5, 5.41) is 5.15. The number of hydrogen-bond donors (Lipinski definition) is 2. The molecule has 2 amide bonds. The summed E-state index contributed by atoms with van der Waals surface area (Å²) in [7, 11) is 0. The molecule has 2 N–H and O–H groups in total. The van der Waals surface area contributed by atoms with Gasteiger partial charge in [0.1, 0.15) is 11.7 Å². The van der Waals surface area contributed by atoms with Crippen LogP contribution < -0.4 is 16.2 Å². The fourth-order valence-corrected chi connectivity index (χ4v) is 2.78. The Morgan fingerprint density at radius 3 is 2.62 bits per heavy atom. The quantitative estimate of drug-likeness (QED) is 0.634. The van der Waals surface area contributed by atoms with Gasteiger partial charge in [-0.2, -0.15) is 0 Å². The molecule has 156 valence electrons. The van der Waals surface area contributed by atoms with Crippen LogP contribution in [0.3, 0.4) is 0 Å². The number of esters is 1. The van der Waals surface area contributed by atoms with Gasteiger partial charge in [0.25, 0.3) is 11.5 Å². The van der Waals surface area contributed by atoms with Crippen molar-refractivity contribution in [3.8, 4) is 0 Å². The van der Waals surface area contributed by atoms with Crippen LogP contribution in [-0.4, -0.2) is 46.5 Å². The first-order valence-corrected chi connectivity index (χ1v) is 9.53. The highest BCUT2D eigenvalue weighted by Crippen LogP contribution is 2.14. The smallest absolute Gasteiger partial charge is 0.338 e. The van der Waals surface area contributed by atoms with Crippen LogP contribution in [0.4, 0.5) is 0 Å². The molecule has 0 saturated carbocycles. The van der Waals surface area contributed by atoms with Gasteiger partial charge in [-0.05, 0) is 45.4 Å². The Morgan fingerprint density at radius 2 is 1.97 bits per heavy atom. The third-order valence-corrected chi connectivity index (χ3v) is 4.32. The van der Waals surface area contributed by atoms with Crippen molar-refractivity contribution in [2.24, 2.45) is 0 Å². The van der Waals surface area contributed by atoms with Gasteiger partial charge >= 0.3 is 5.97 Å². The molecule has 0 bridgehead atoms. The van der Waals surface area contributed by atoms with Crippen LogP contribution in [-0.2, 0) is 20.9 Å². The number of amides is 2. The maximum Gasteiger partial charge on any atom is 0.338 e. The van der Waals surface area contributed by atoms with Crippen molar-refractivity contribution in [3.63, 3.8) is 0 Å². The summed E-state index contributed by atoms with van der Waals surface area (Å²) in [5.74, 6) is -1.57. The summed E-state index contributed by atoms with van der Waals surface area (Å²) in [6.07, 6.45) is 0.790. The molecule has 0 aliphatic rings. The van der Waals surface area contributed by atoms with Crippen LogP contribution in [0.5, 0.6) is 0 Å². The molecular formula is C20H26N4O5. The van der Waals surface area contributed by atoms with Gasteiger partial charge in [-0.3, -0.25) is 14.4 Å². The molecule has 2 rings (SSSR count). The number of aromatic nitrogens is 2. The number of hydrogen-bond acceptors (Lipinski definition) is 6. The first kappa shape index (κ1) is 22.1. The van der Waals surface area contributed by atoms with Gasteiger partial charge in [0.05, 0.1) is 16.6 Å². The third kappa shape index (κ3) is 5.40. The van der Waals surface area contributed by atoms with Gasteiger partial charge in [0, 0.05) is 13.1 Å². The Bertz CT molecular complexity index is 983. The minimum Gasteiger partial charge on any atom is -0.452 e. The SMILES string of the molecule is CCCNC(=O)[C@@H](C)NC(=O)COC(=O)c1ccc2c(c1)nc(C)c(=O)n2CC. The van der Waals surface area contributed by atoms with E-state index in [1.54, 1.807) is 24.5 Å². The summed E-state index contributed by atoms with van der Waals surface area (Å²) in [6, 6.07) is 3.94. The van der Waals surface area contributed by atoms with Gasteiger partial charge in [-0.1, -0.05) is 6.92 Å². The van der Waals surface area contributed by atoms with Crippen LogP contribution in [0, 0.1) is 6.92 Å². The number of carbonyl (C=O) groups excluding carboxylic acids is 3. The summed E-state index contributed by atoms with van der Waals surface area (Å²) >= 11 is 0. The van der Waals surface area contributed by atoms with Crippen molar-refractivity contribution in [3.05, 3.63) is 39.8 Å². The molecule has 0 aliphatic heterocycles. The highest BCUT2D eigenvalue weighted by molar-refractivity contribution is 5.95. The van der Waals surface area contributed by atoms with E-state index < -0.39 is 24.5 Å². The van der Waals surface area contributed by atoms with E-state index in [-0.39, 0.29) is 17.0 Å². The minimum absolute atomic E-state index is 0.177. The molecule has 0 radical (unpaired) electrons. The van der Waals surface area contributed by atoms with E-state index in [2.05, 4.69) is 15.6 Å². The van der Waals surface area contributed by atoms with Gasteiger partial charge in [0.2, 0.25) is 5.91 Å².